The van der Waals surface area contributed by atoms with E-state index in [2.05, 4.69) is 16.1 Å². The molecule has 0 atom stereocenters. The molecule has 0 spiro atoms. The molecule has 1 amide bonds. The van der Waals surface area contributed by atoms with Gasteiger partial charge in [-0.3, -0.25) is 9.48 Å². The summed E-state index contributed by atoms with van der Waals surface area (Å²) in [5, 5.41) is 4.04. The van der Waals surface area contributed by atoms with Crippen molar-refractivity contribution in [2.45, 2.75) is 13.1 Å². The van der Waals surface area contributed by atoms with Crippen molar-refractivity contribution in [2.24, 2.45) is 5.73 Å². The predicted octanol–water partition coefficient (Wildman–Crippen LogP) is 0.832. The highest BCUT2D eigenvalue weighted by Crippen LogP contribution is 2.11. The lowest BCUT2D eigenvalue weighted by molar-refractivity contribution is 0.0994. The minimum atomic E-state index is -0.563. The molecule has 95 valence electrons. The number of fused-ring (bicyclic) bond motifs is 1. The zero-order valence-electron chi connectivity index (χ0n) is 10.2. The molecule has 0 unspecified atom stereocenters. The van der Waals surface area contributed by atoms with Crippen LogP contribution in [0, 0.1) is 6.07 Å². The third-order valence-corrected chi connectivity index (χ3v) is 2.91. The van der Waals surface area contributed by atoms with Gasteiger partial charge in [0.1, 0.15) is 0 Å². The lowest BCUT2D eigenvalue weighted by Crippen LogP contribution is -2.13. The van der Waals surface area contributed by atoms with Crippen LogP contribution in [0.5, 0.6) is 0 Å². The maximum Gasteiger partial charge on any atom is 0.269 e. The number of hydrogen-bond donors (Lipinski definition) is 1. The van der Waals surface area contributed by atoms with Gasteiger partial charge in [0, 0.05) is 18.8 Å². The minimum absolute atomic E-state index is 0.162. The number of carbonyl (C=O) groups is 1. The number of hydrogen-bond acceptors (Lipinski definition) is 3. The number of aromatic nitrogens is 4. The summed E-state index contributed by atoms with van der Waals surface area (Å²) in [6.45, 7) is 1.35. The van der Waals surface area contributed by atoms with Gasteiger partial charge in [-0.15, -0.1) is 0 Å². The van der Waals surface area contributed by atoms with Crippen LogP contribution >= 0.6 is 0 Å². The molecule has 3 rings (SSSR count). The Morgan fingerprint density at radius 1 is 1.32 bits per heavy atom. The average molecular weight is 254 g/mol. The van der Waals surface area contributed by atoms with E-state index in [0.29, 0.717) is 13.1 Å². The van der Waals surface area contributed by atoms with Crippen LogP contribution in [0.2, 0.25) is 0 Å². The Morgan fingerprint density at radius 3 is 2.95 bits per heavy atom. The highest BCUT2D eigenvalue weighted by atomic mass is 16.1. The molecule has 0 aliphatic rings. The third kappa shape index (κ3) is 2.20. The van der Waals surface area contributed by atoms with E-state index < -0.39 is 5.91 Å². The molecule has 0 aliphatic carbocycles. The van der Waals surface area contributed by atoms with Gasteiger partial charge in [-0.1, -0.05) is 12.1 Å². The van der Waals surface area contributed by atoms with E-state index in [1.165, 1.54) is 0 Å². The van der Waals surface area contributed by atoms with Crippen molar-refractivity contribution in [3.8, 4) is 0 Å². The van der Waals surface area contributed by atoms with Gasteiger partial charge >= 0.3 is 0 Å². The van der Waals surface area contributed by atoms with Gasteiger partial charge in [0.05, 0.1) is 23.9 Å². The van der Waals surface area contributed by atoms with Gasteiger partial charge in [0.2, 0.25) is 0 Å². The van der Waals surface area contributed by atoms with Crippen molar-refractivity contribution in [1.82, 2.24) is 19.3 Å². The molecule has 2 aromatic heterocycles. The Labute approximate surface area is 109 Å². The molecule has 6 nitrogen and oxygen atoms in total. The molecule has 6 heteroatoms. The van der Waals surface area contributed by atoms with E-state index in [9.17, 15) is 4.79 Å². The molecule has 0 saturated carbocycles. The van der Waals surface area contributed by atoms with Crippen LogP contribution in [-0.4, -0.2) is 25.2 Å². The number of carbonyl (C=O) groups excluding carboxylic acids is 1. The normalized spacial score (nSPS) is 10.9. The molecule has 2 N–H and O–H groups in total. The van der Waals surface area contributed by atoms with Gasteiger partial charge in [-0.25, -0.2) is 4.98 Å². The Kier molecular flexibility index (Phi) is 2.75. The van der Waals surface area contributed by atoms with E-state index in [0.717, 1.165) is 11.0 Å². The maximum atomic E-state index is 10.9. The van der Waals surface area contributed by atoms with Crippen molar-refractivity contribution in [2.75, 3.05) is 0 Å². The third-order valence-electron chi connectivity index (χ3n) is 2.91. The molecule has 19 heavy (non-hydrogen) atoms. The van der Waals surface area contributed by atoms with Crippen LogP contribution in [0.3, 0.4) is 0 Å². The fourth-order valence-electron chi connectivity index (χ4n) is 1.96. The predicted molar refractivity (Wildman–Crippen MR) is 69.3 cm³/mol. The zero-order chi connectivity index (χ0) is 13.2. The number of nitrogens with zero attached hydrogens (tertiary/aromatic N) is 4. The van der Waals surface area contributed by atoms with Crippen molar-refractivity contribution in [3.63, 3.8) is 0 Å². The van der Waals surface area contributed by atoms with Crippen LogP contribution in [0.1, 0.15) is 10.5 Å². The molecule has 0 fully saturated rings. The highest BCUT2D eigenvalue weighted by molar-refractivity contribution is 5.90. The quantitative estimate of drug-likeness (QED) is 0.749. The molecule has 3 aromatic rings. The van der Waals surface area contributed by atoms with Crippen molar-refractivity contribution < 1.29 is 4.79 Å². The number of amides is 1. The number of nitrogens with two attached hydrogens (primary N) is 1. The fourth-order valence-corrected chi connectivity index (χ4v) is 1.96. The highest BCUT2D eigenvalue weighted by Gasteiger charge is 2.06. The van der Waals surface area contributed by atoms with Crippen molar-refractivity contribution in [3.05, 3.63) is 48.5 Å². The SMILES string of the molecule is NC(=O)c1[c]cn(CCn2cnc3ccccc32)n1. The minimum Gasteiger partial charge on any atom is -0.364 e. The molecular weight excluding hydrogens is 242 g/mol. The lowest BCUT2D eigenvalue weighted by Gasteiger charge is -2.04. The summed E-state index contributed by atoms with van der Waals surface area (Å²) in [6, 6.07) is 10.7. The number of imidazole rings is 1. The zero-order valence-corrected chi connectivity index (χ0v) is 10.2. The van der Waals surface area contributed by atoms with E-state index in [1.807, 2.05) is 28.8 Å². The van der Waals surface area contributed by atoms with Gasteiger partial charge < -0.3 is 10.3 Å². The molecule has 2 heterocycles. The number of aryl methyl sites for hydroxylation is 2. The Hall–Kier alpha value is -2.63. The Morgan fingerprint density at radius 2 is 2.16 bits per heavy atom. The summed E-state index contributed by atoms with van der Waals surface area (Å²) < 4.78 is 3.69. The maximum absolute atomic E-state index is 10.9. The van der Waals surface area contributed by atoms with E-state index in [4.69, 9.17) is 5.73 Å². The first kappa shape index (κ1) is 11.5. The largest absolute Gasteiger partial charge is 0.364 e. The lowest BCUT2D eigenvalue weighted by atomic mass is 10.3. The van der Waals surface area contributed by atoms with Gasteiger partial charge in [-0.05, 0) is 12.1 Å². The van der Waals surface area contributed by atoms with Gasteiger partial charge in [-0.2, -0.15) is 5.10 Å². The van der Waals surface area contributed by atoms with Crippen LogP contribution in [-0.2, 0) is 13.1 Å². The molecule has 0 bridgehead atoms. The summed E-state index contributed by atoms with van der Waals surface area (Å²) in [5.74, 6) is -0.563. The van der Waals surface area contributed by atoms with Gasteiger partial charge in [0.15, 0.2) is 5.69 Å². The number of benzene rings is 1. The first-order valence-electron chi connectivity index (χ1n) is 5.89. The monoisotopic (exact) mass is 254 g/mol. The second-order valence-corrected chi connectivity index (χ2v) is 4.18. The molecular formula is C13H12N5O. The molecule has 0 saturated heterocycles. The van der Waals surface area contributed by atoms with E-state index in [1.54, 1.807) is 17.2 Å². The first-order chi connectivity index (χ1) is 9.24. The summed E-state index contributed by atoms with van der Waals surface area (Å²) in [7, 11) is 0. The number of para-hydroxylation sites is 2. The first-order valence-corrected chi connectivity index (χ1v) is 5.89. The van der Waals surface area contributed by atoms with E-state index >= 15 is 0 Å². The van der Waals surface area contributed by atoms with Crippen molar-refractivity contribution >= 4 is 16.9 Å². The van der Waals surface area contributed by atoms with Gasteiger partial charge in [0.25, 0.3) is 5.91 Å². The van der Waals surface area contributed by atoms with Crippen molar-refractivity contribution in [1.29, 1.82) is 0 Å². The fraction of sp³-hybridized carbons (Fsp3) is 0.154. The second kappa shape index (κ2) is 4.56. The molecule has 1 aromatic carbocycles. The Balaban J connectivity index is 1.76. The van der Waals surface area contributed by atoms with E-state index in [-0.39, 0.29) is 5.69 Å². The topological polar surface area (TPSA) is 78.7 Å². The summed E-state index contributed by atoms with van der Waals surface area (Å²) in [5.41, 5.74) is 7.34. The number of primary amides is 1. The molecule has 0 aliphatic heterocycles. The summed E-state index contributed by atoms with van der Waals surface area (Å²) in [6.07, 6.45) is 3.42. The smallest absolute Gasteiger partial charge is 0.269 e. The van der Waals surface area contributed by atoms with Crippen LogP contribution in [0.4, 0.5) is 0 Å². The second-order valence-electron chi connectivity index (χ2n) is 4.18. The number of rotatable bonds is 4. The summed E-state index contributed by atoms with van der Waals surface area (Å²) in [4.78, 5) is 15.2. The Bertz CT molecular complexity index is 727. The van der Waals surface area contributed by atoms with Crippen LogP contribution in [0.15, 0.2) is 36.8 Å². The van der Waals surface area contributed by atoms with Crippen LogP contribution in [0.25, 0.3) is 11.0 Å². The standard InChI is InChI=1S/C13H12N5O/c14-13(19)11-5-6-18(16-11)8-7-17-9-15-10-3-1-2-4-12(10)17/h1-4,6,9H,7-8H2,(H2,14,19). The average Bonchev–Trinajstić information content (AvgIpc) is 3.03. The molecule has 1 radical (unpaired) electrons. The summed E-state index contributed by atoms with van der Waals surface area (Å²) >= 11 is 0. The van der Waals surface area contributed by atoms with Crippen LogP contribution < -0.4 is 5.73 Å².